The van der Waals surface area contributed by atoms with Gasteiger partial charge in [-0.15, -0.1) is 0 Å². The van der Waals surface area contributed by atoms with E-state index in [1.54, 1.807) is 34.6 Å². The Morgan fingerprint density at radius 1 is 0.887 bits per heavy atom. The maximum absolute atomic E-state index is 13.3. The van der Waals surface area contributed by atoms with E-state index in [1.165, 1.54) is 11.8 Å². The zero-order valence-corrected chi connectivity index (χ0v) is 31.4. The molecule has 0 radical (unpaired) electrons. The lowest BCUT2D eigenvalue weighted by atomic mass is 9.91. The number of carbonyl (C=O) groups is 2. The van der Waals surface area contributed by atoms with Gasteiger partial charge in [0.2, 0.25) is 5.91 Å². The maximum Gasteiger partial charge on any atom is 0.413 e. The standard InChI is InChI=1S/C42H52N2O9/c1-29(45)43-37-35(23-22-34(46)33-27-51-42(5,6)44(33)40(47)53-41(2,3)4)52-36(28-48-24-30-16-10-7-11-17-30)38(49-25-31-18-12-8-13-19-31)39(37)50-26-32-20-14-9-15-21-32/h7-21,33-39,46H,24-28H2,1-6H3,(H,43,45)/t33-,34+,35-,36-,37-,38+,39-/m1/s1. The second-order valence-electron chi connectivity index (χ2n) is 14.8. The minimum absolute atomic E-state index is 0.0386. The Morgan fingerprint density at radius 2 is 1.42 bits per heavy atom. The van der Waals surface area contributed by atoms with E-state index in [-0.39, 0.29) is 32.3 Å². The van der Waals surface area contributed by atoms with Gasteiger partial charge >= 0.3 is 6.09 Å². The van der Waals surface area contributed by atoms with Crippen molar-refractivity contribution >= 4 is 12.0 Å². The van der Waals surface area contributed by atoms with Gasteiger partial charge in [-0.25, -0.2) is 4.79 Å². The van der Waals surface area contributed by atoms with E-state index in [0.29, 0.717) is 6.61 Å². The Balaban J connectivity index is 1.47. The number of carbonyl (C=O) groups excluding carboxylic acids is 2. The lowest BCUT2D eigenvalue weighted by molar-refractivity contribution is -0.222. The number of amides is 2. The Kier molecular flexibility index (Phi) is 13.7. The molecule has 2 amide bonds. The van der Waals surface area contributed by atoms with Gasteiger partial charge in [0, 0.05) is 6.92 Å². The van der Waals surface area contributed by atoms with Gasteiger partial charge in [0.05, 0.1) is 45.1 Å². The van der Waals surface area contributed by atoms with Gasteiger partial charge < -0.3 is 38.8 Å². The van der Waals surface area contributed by atoms with Gasteiger partial charge in [-0.05, 0) is 51.3 Å². The minimum Gasteiger partial charge on any atom is -0.444 e. The first-order valence-corrected chi connectivity index (χ1v) is 18.0. The van der Waals surface area contributed by atoms with E-state index in [2.05, 4.69) is 17.2 Å². The molecule has 5 rings (SSSR count). The van der Waals surface area contributed by atoms with Gasteiger partial charge in [0.15, 0.2) is 0 Å². The van der Waals surface area contributed by atoms with Crippen molar-refractivity contribution in [2.75, 3.05) is 13.2 Å². The van der Waals surface area contributed by atoms with E-state index in [4.69, 9.17) is 28.4 Å². The van der Waals surface area contributed by atoms with E-state index < -0.39 is 60.0 Å². The quantitative estimate of drug-likeness (QED) is 0.237. The van der Waals surface area contributed by atoms with Crippen molar-refractivity contribution in [3.63, 3.8) is 0 Å². The Hall–Kier alpha value is -4.28. The molecule has 3 aromatic rings. The topological polar surface area (TPSA) is 125 Å². The third-order valence-corrected chi connectivity index (χ3v) is 8.87. The molecule has 11 nitrogen and oxygen atoms in total. The van der Waals surface area contributed by atoms with Crippen LogP contribution in [0.25, 0.3) is 0 Å². The fraction of sp³-hybridized carbons (Fsp3) is 0.476. The van der Waals surface area contributed by atoms with Gasteiger partial charge in [-0.3, -0.25) is 9.69 Å². The number of rotatable bonds is 12. The zero-order chi connectivity index (χ0) is 38.0. The number of hydrogen-bond donors (Lipinski definition) is 2. The Morgan fingerprint density at radius 3 is 1.94 bits per heavy atom. The molecule has 2 aliphatic rings. The molecular weight excluding hydrogens is 676 g/mol. The van der Waals surface area contributed by atoms with Crippen LogP contribution in [-0.4, -0.2) is 89.2 Å². The molecule has 2 aliphatic heterocycles. The average molecular weight is 729 g/mol. The molecule has 11 heteroatoms. The summed E-state index contributed by atoms with van der Waals surface area (Å²) >= 11 is 0. The molecule has 0 aliphatic carbocycles. The minimum atomic E-state index is -1.34. The van der Waals surface area contributed by atoms with Crippen LogP contribution in [0.5, 0.6) is 0 Å². The summed E-state index contributed by atoms with van der Waals surface area (Å²) in [7, 11) is 0. The number of benzene rings is 3. The predicted octanol–water partition coefficient (Wildman–Crippen LogP) is 5.38. The van der Waals surface area contributed by atoms with E-state index in [0.717, 1.165) is 16.7 Å². The van der Waals surface area contributed by atoms with Crippen molar-refractivity contribution in [3.8, 4) is 11.8 Å². The van der Waals surface area contributed by atoms with Gasteiger partial charge in [0.25, 0.3) is 0 Å². The summed E-state index contributed by atoms with van der Waals surface area (Å²) in [6, 6.07) is 27.7. The lowest BCUT2D eigenvalue weighted by Crippen LogP contribution is -2.65. The molecule has 0 aromatic heterocycles. The number of hydrogen-bond acceptors (Lipinski definition) is 9. The number of ether oxygens (including phenoxy) is 6. The van der Waals surface area contributed by atoms with Crippen molar-refractivity contribution in [3.05, 3.63) is 108 Å². The number of nitrogens with one attached hydrogen (secondary N) is 1. The highest BCUT2D eigenvalue weighted by Crippen LogP contribution is 2.32. The fourth-order valence-electron chi connectivity index (χ4n) is 6.39. The highest BCUT2D eigenvalue weighted by molar-refractivity contribution is 5.73. The third-order valence-electron chi connectivity index (χ3n) is 8.87. The van der Waals surface area contributed by atoms with Crippen molar-refractivity contribution in [1.82, 2.24) is 10.2 Å². The Labute approximate surface area is 312 Å². The van der Waals surface area contributed by atoms with E-state index >= 15 is 0 Å². The van der Waals surface area contributed by atoms with Crippen molar-refractivity contribution in [2.24, 2.45) is 0 Å². The fourth-order valence-corrected chi connectivity index (χ4v) is 6.39. The molecule has 284 valence electrons. The largest absolute Gasteiger partial charge is 0.444 e. The molecule has 0 saturated carbocycles. The average Bonchev–Trinajstić information content (AvgIpc) is 3.45. The van der Waals surface area contributed by atoms with Gasteiger partial charge in [-0.2, -0.15) is 0 Å². The van der Waals surface area contributed by atoms with Crippen LogP contribution in [0.2, 0.25) is 0 Å². The van der Waals surface area contributed by atoms with Crippen molar-refractivity contribution < 1.29 is 43.1 Å². The Bertz CT molecular complexity index is 1670. The first-order chi connectivity index (χ1) is 25.3. The van der Waals surface area contributed by atoms with Crippen LogP contribution in [-0.2, 0) is 53.0 Å². The summed E-state index contributed by atoms with van der Waals surface area (Å²) in [6.07, 6.45) is -5.04. The van der Waals surface area contributed by atoms with Crippen LogP contribution < -0.4 is 5.32 Å². The second-order valence-corrected chi connectivity index (χ2v) is 14.8. The molecular formula is C42H52N2O9. The molecule has 2 N–H and O–H groups in total. The summed E-state index contributed by atoms with van der Waals surface area (Å²) in [5.41, 5.74) is 1.08. The lowest BCUT2D eigenvalue weighted by Gasteiger charge is -2.45. The summed E-state index contributed by atoms with van der Waals surface area (Å²) < 4.78 is 37.7. The molecule has 0 bridgehead atoms. The van der Waals surface area contributed by atoms with Crippen LogP contribution in [0.1, 0.15) is 58.2 Å². The smallest absolute Gasteiger partial charge is 0.413 e. The van der Waals surface area contributed by atoms with Gasteiger partial charge in [-0.1, -0.05) is 103 Å². The molecule has 0 unspecified atom stereocenters. The first-order valence-electron chi connectivity index (χ1n) is 18.0. The third kappa shape index (κ3) is 11.4. The van der Waals surface area contributed by atoms with Crippen LogP contribution in [0.15, 0.2) is 91.0 Å². The zero-order valence-electron chi connectivity index (χ0n) is 31.4. The van der Waals surface area contributed by atoms with Crippen molar-refractivity contribution in [1.29, 1.82) is 0 Å². The first kappa shape index (κ1) is 39.9. The monoisotopic (exact) mass is 728 g/mol. The van der Waals surface area contributed by atoms with E-state index in [9.17, 15) is 14.7 Å². The molecule has 53 heavy (non-hydrogen) atoms. The van der Waals surface area contributed by atoms with Crippen LogP contribution in [0.4, 0.5) is 4.79 Å². The molecule has 2 fully saturated rings. The number of nitrogens with zero attached hydrogens (tertiary/aromatic N) is 1. The van der Waals surface area contributed by atoms with Crippen molar-refractivity contribution in [2.45, 2.75) is 115 Å². The van der Waals surface area contributed by atoms with Crippen LogP contribution in [0.3, 0.4) is 0 Å². The number of aliphatic hydroxyl groups excluding tert-OH is 1. The van der Waals surface area contributed by atoms with Gasteiger partial charge in [0.1, 0.15) is 41.8 Å². The van der Waals surface area contributed by atoms with E-state index in [1.807, 2.05) is 91.0 Å². The summed E-state index contributed by atoms with van der Waals surface area (Å²) in [5.74, 6) is 5.68. The highest BCUT2D eigenvalue weighted by Gasteiger charge is 2.50. The summed E-state index contributed by atoms with van der Waals surface area (Å²) in [4.78, 5) is 27.4. The molecule has 2 saturated heterocycles. The molecule has 3 aromatic carbocycles. The van der Waals surface area contributed by atoms with Crippen LogP contribution >= 0.6 is 0 Å². The molecule has 2 heterocycles. The molecule has 7 atom stereocenters. The molecule has 0 spiro atoms. The SMILES string of the molecule is CC(=O)N[C@H]1[C@@H](OCc2ccccc2)[C@@H](OCc2ccccc2)[C@@H](COCc2ccccc2)O[C@@H]1C#C[C@H](O)[C@H]1COC(C)(C)N1C(=O)OC(C)(C)C. The normalized spacial score (nSPS) is 24.5. The maximum atomic E-state index is 13.3. The highest BCUT2D eigenvalue weighted by atomic mass is 16.6. The van der Waals surface area contributed by atoms with Crippen LogP contribution in [0, 0.1) is 11.8 Å². The predicted molar refractivity (Wildman–Crippen MR) is 198 cm³/mol. The second kappa shape index (κ2) is 18.2. The number of aliphatic hydroxyl groups is 1. The summed E-state index contributed by atoms with van der Waals surface area (Å²) in [5, 5.41) is 14.5. The summed E-state index contributed by atoms with van der Waals surface area (Å²) in [6.45, 7) is 11.2.